The van der Waals surface area contributed by atoms with Gasteiger partial charge in [0.05, 0.1) is 10.7 Å². The monoisotopic (exact) mass is 351 g/mol. The van der Waals surface area contributed by atoms with Gasteiger partial charge in [-0.15, -0.1) is 0 Å². The van der Waals surface area contributed by atoms with Crippen LogP contribution in [0.15, 0.2) is 48.9 Å². The average Bonchev–Trinajstić information content (AvgIpc) is 2.64. The van der Waals surface area contributed by atoms with Crippen molar-refractivity contribution in [2.45, 2.75) is 19.5 Å². The molecule has 1 aliphatic heterocycles. The van der Waals surface area contributed by atoms with Crippen LogP contribution in [-0.4, -0.2) is 26.4 Å². The highest BCUT2D eigenvalue weighted by Gasteiger charge is 2.19. The second-order valence-corrected chi connectivity index (χ2v) is 6.62. The molecule has 6 heteroatoms. The highest BCUT2D eigenvalue weighted by atomic mass is 35.5. The van der Waals surface area contributed by atoms with E-state index >= 15 is 0 Å². The van der Waals surface area contributed by atoms with Gasteiger partial charge in [0.2, 0.25) is 0 Å². The van der Waals surface area contributed by atoms with Crippen LogP contribution in [0.4, 0.5) is 5.69 Å². The van der Waals surface area contributed by atoms with Gasteiger partial charge >= 0.3 is 0 Å². The van der Waals surface area contributed by atoms with Crippen LogP contribution in [0.3, 0.4) is 0 Å². The zero-order valence-corrected chi connectivity index (χ0v) is 14.4. The van der Waals surface area contributed by atoms with Gasteiger partial charge in [-0.3, -0.25) is 9.88 Å². The number of fused-ring (bicyclic) bond motifs is 1. The van der Waals surface area contributed by atoms with E-state index in [9.17, 15) is 0 Å². The molecule has 0 saturated carbocycles. The summed E-state index contributed by atoms with van der Waals surface area (Å²) in [6, 6.07) is 9.63. The van der Waals surface area contributed by atoms with E-state index in [0.29, 0.717) is 5.02 Å². The number of hydrogen-bond donors (Lipinski definition) is 1. The third-order valence-electron chi connectivity index (χ3n) is 4.43. The minimum Gasteiger partial charge on any atom is -0.399 e. The molecule has 25 heavy (non-hydrogen) atoms. The van der Waals surface area contributed by atoms with E-state index in [1.807, 2.05) is 36.5 Å². The molecule has 5 nitrogen and oxygen atoms in total. The van der Waals surface area contributed by atoms with Crippen molar-refractivity contribution in [3.63, 3.8) is 0 Å². The summed E-state index contributed by atoms with van der Waals surface area (Å²) in [5.41, 5.74) is 10.9. The Morgan fingerprint density at radius 3 is 2.76 bits per heavy atom. The molecular weight excluding hydrogens is 334 g/mol. The molecule has 0 unspecified atom stereocenters. The minimum atomic E-state index is 0.711. The Bertz CT molecular complexity index is 895. The van der Waals surface area contributed by atoms with Crippen LogP contribution in [0.5, 0.6) is 0 Å². The van der Waals surface area contributed by atoms with Crippen molar-refractivity contribution in [3.05, 3.63) is 70.8 Å². The standard InChI is InChI=1S/C19H18ClN5/c20-17-10-22-7-5-14(17)11-25-8-6-18-15(12-25)9-23-19(24-18)13-1-3-16(21)4-2-13/h1-5,7,9-10H,6,8,11-12,21H2. The molecule has 126 valence electrons. The number of rotatable bonds is 3. The van der Waals surface area contributed by atoms with Crippen LogP contribution >= 0.6 is 11.6 Å². The Morgan fingerprint density at radius 1 is 1.12 bits per heavy atom. The molecule has 0 fully saturated rings. The van der Waals surface area contributed by atoms with Gasteiger partial charge in [0, 0.05) is 61.5 Å². The van der Waals surface area contributed by atoms with Crippen molar-refractivity contribution in [2.24, 2.45) is 0 Å². The Kier molecular flexibility index (Phi) is 4.34. The summed E-state index contributed by atoms with van der Waals surface area (Å²) < 4.78 is 0. The van der Waals surface area contributed by atoms with Crippen LogP contribution in [0.25, 0.3) is 11.4 Å². The smallest absolute Gasteiger partial charge is 0.159 e. The molecule has 2 N–H and O–H groups in total. The SMILES string of the molecule is Nc1ccc(-c2ncc3c(n2)CCN(Cc2ccncc2Cl)C3)cc1. The van der Waals surface area contributed by atoms with E-state index in [-0.39, 0.29) is 0 Å². The fraction of sp³-hybridized carbons (Fsp3) is 0.211. The lowest BCUT2D eigenvalue weighted by atomic mass is 10.1. The molecule has 0 aliphatic carbocycles. The van der Waals surface area contributed by atoms with E-state index in [0.717, 1.165) is 54.4 Å². The number of pyridine rings is 1. The largest absolute Gasteiger partial charge is 0.399 e. The molecule has 3 heterocycles. The summed E-state index contributed by atoms with van der Waals surface area (Å²) in [4.78, 5) is 15.7. The fourth-order valence-electron chi connectivity index (χ4n) is 3.05. The summed E-state index contributed by atoms with van der Waals surface area (Å²) in [5.74, 6) is 0.754. The second kappa shape index (κ2) is 6.78. The third kappa shape index (κ3) is 3.48. The van der Waals surface area contributed by atoms with Gasteiger partial charge in [0.1, 0.15) is 0 Å². The Morgan fingerprint density at radius 2 is 1.96 bits per heavy atom. The number of nitrogens with zero attached hydrogens (tertiary/aromatic N) is 4. The van der Waals surface area contributed by atoms with E-state index < -0.39 is 0 Å². The second-order valence-electron chi connectivity index (χ2n) is 6.22. The maximum Gasteiger partial charge on any atom is 0.159 e. The van der Waals surface area contributed by atoms with Gasteiger partial charge in [-0.2, -0.15) is 0 Å². The fourth-order valence-corrected chi connectivity index (χ4v) is 3.23. The van der Waals surface area contributed by atoms with Crippen molar-refractivity contribution in [2.75, 3.05) is 12.3 Å². The van der Waals surface area contributed by atoms with Crippen molar-refractivity contribution >= 4 is 17.3 Å². The minimum absolute atomic E-state index is 0.711. The van der Waals surface area contributed by atoms with Crippen molar-refractivity contribution in [3.8, 4) is 11.4 Å². The van der Waals surface area contributed by atoms with Gasteiger partial charge in [-0.1, -0.05) is 11.6 Å². The normalized spacial score (nSPS) is 14.3. The van der Waals surface area contributed by atoms with E-state index in [2.05, 4.69) is 14.9 Å². The molecule has 0 atom stereocenters. The zero-order chi connectivity index (χ0) is 17.2. The number of aromatic nitrogens is 3. The number of hydrogen-bond acceptors (Lipinski definition) is 5. The lowest BCUT2D eigenvalue weighted by molar-refractivity contribution is 0.243. The Balaban J connectivity index is 1.52. The van der Waals surface area contributed by atoms with Gasteiger partial charge in [-0.05, 0) is 35.9 Å². The molecule has 0 saturated heterocycles. The van der Waals surface area contributed by atoms with Gasteiger partial charge in [-0.25, -0.2) is 9.97 Å². The van der Waals surface area contributed by atoms with E-state index in [4.69, 9.17) is 22.3 Å². The van der Waals surface area contributed by atoms with Crippen LogP contribution in [0.1, 0.15) is 16.8 Å². The first-order valence-corrected chi connectivity index (χ1v) is 8.58. The summed E-state index contributed by atoms with van der Waals surface area (Å²) in [7, 11) is 0. The lowest BCUT2D eigenvalue weighted by Crippen LogP contribution is -2.31. The first-order chi connectivity index (χ1) is 12.2. The molecular formula is C19H18ClN5. The third-order valence-corrected chi connectivity index (χ3v) is 4.77. The van der Waals surface area contributed by atoms with Crippen LogP contribution in [0, 0.1) is 0 Å². The summed E-state index contributed by atoms with van der Waals surface area (Å²) in [5, 5.41) is 0.711. The van der Waals surface area contributed by atoms with E-state index in [1.165, 1.54) is 5.56 Å². The predicted octanol–water partition coefficient (Wildman–Crippen LogP) is 3.33. The number of anilines is 1. The molecule has 4 rings (SSSR count). The summed E-state index contributed by atoms with van der Waals surface area (Å²) in [6.07, 6.45) is 6.31. The molecule has 0 radical (unpaired) electrons. The molecule has 0 bridgehead atoms. The number of nitrogens with two attached hydrogens (primary N) is 1. The number of benzene rings is 1. The van der Waals surface area contributed by atoms with Crippen LogP contribution in [-0.2, 0) is 19.5 Å². The summed E-state index contributed by atoms with van der Waals surface area (Å²) >= 11 is 6.22. The summed E-state index contributed by atoms with van der Waals surface area (Å²) in [6.45, 7) is 2.58. The predicted molar refractivity (Wildman–Crippen MR) is 98.9 cm³/mol. The van der Waals surface area contributed by atoms with Gasteiger partial charge in [0.25, 0.3) is 0 Å². The Labute approximate surface area is 151 Å². The maximum absolute atomic E-state index is 6.22. The maximum atomic E-state index is 6.22. The van der Waals surface area contributed by atoms with Gasteiger partial charge < -0.3 is 5.73 Å². The number of halogens is 1. The van der Waals surface area contributed by atoms with Crippen molar-refractivity contribution in [1.29, 1.82) is 0 Å². The highest BCUT2D eigenvalue weighted by Crippen LogP contribution is 2.24. The topological polar surface area (TPSA) is 67.9 Å². The average molecular weight is 352 g/mol. The van der Waals surface area contributed by atoms with Crippen LogP contribution < -0.4 is 5.73 Å². The molecule has 2 aromatic heterocycles. The molecule has 0 spiro atoms. The highest BCUT2D eigenvalue weighted by molar-refractivity contribution is 6.31. The first-order valence-electron chi connectivity index (χ1n) is 8.20. The zero-order valence-electron chi connectivity index (χ0n) is 13.7. The first kappa shape index (κ1) is 16.0. The van der Waals surface area contributed by atoms with Crippen molar-refractivity contribution in [1.82, 2.24) is 19.9 Å². The quantitative estimate of drug-likeness (QED) is 0.733. The molecule has 0 amide bonds. The van der Waals surface area contributed by atoms with E-state index in [1.54, 1.807) is 12.4 Å². The van der Waals surface area contributed by atoms with Crippen LogP contribution in [0.2, 0.25) is 5.02 Å². The van der Waals surface area contributed by atoms with Gasteiger partial charge in [0.15, 0.2) is 5.82 Å². The molecule has 1 aromatic carbocycles. The Hall–Kier alpha value is -2.50. The lowest BCUT2D eigenvalue weighted by Gasteiger charge is -2.28. The van der Waals surface area contributed by atoms with Crippen molar-refractivity contribution < 1.29 is 0 Å². The molecule has 3 aromatic rings. The number of nitrogen functional groups attached to an aromatic ring is 1. The molecule has 1 aliphatic rings.